The van der Waals surface area contributed by atoms with E-state index < -0.39 is 0 Å². The van der Waals surface area contributed by atoms with Gasteiger partial charge in [0.25, 0.3) is 0 Å². The largest absolute Gasteiger partial charge is 0.456 e. The van der Waals surface area contributed by atoms with Crippen LogP contribution in [0.4, 0.5) is 0 Å². The summed E-state index contributed by atoms with van der Waals surface area (Å²) in [5, 5.41) is 2.28. The molecular weight excluding hydrogens is 671 g/mol. The van der Waals surface area contributed by atoms with E-state index in [2.05, 4.69) is 161 Å². The highest BCUT2D eigenvalue weighted by molar-refractivity contribution is 6.08. The first-order valence-electron chi connectivity index (χ1n) is 19.0. The van der Waals surface area contributed by atoms with Gasteiger partial charge >= 0.3 is 0 Å². The summed E-state index contributed by atoms with van der Waals surface area (Å²) >= 11 is 0. The van der Waals surface area contributed by atoms with Crippen LogP contribution in [0.1, 0.15) is 49.9 Å². The molecule has 0 spiro atoms. The lowest BCUT2D eigenvalue weighted by Gasteiger charge is -2.21. The van der Waals surface area contributed by atoms with E-state index in [4.69, 9.17) is 19.4 Å². The molecule has 0 atom stereocenters. The van der Waals surface area contributed by atoms with Gasteiger partial charge in [-0.3, -0.25) is 0 Å². The molecule has 55 heavy (non-hydrogen) atoms. The van der Waals surface area contributed by atoms with Crippen molar-refractivity contribution in [2.45, 2.75) is 38.5 Å². The maximum absolute atomic E-state index is 6.61. The molecular formula is C51H37N3O. The third-order valence-electron chi connectivity index (χ3n) is 12.1. The van der Waals surface area contributed by atoms with Gasteiger partial charge in [0.2, 0.25) is 0 Å². The molecule has 2 aliphatic rings. The molecule has 0 aliphatic heterocycles. The van der Waals surface area contributed by atoms with E-state index in [1.54, 1.807) is 0 Å². The predicted molar refractivity (Wildman–Crippen MR) is 224 cm³/mol. The minimum absolute atomic E-state index is 0.0685. The van der Waals surface area contributed by atoms with Crippen LogP contribution in [0.2, 0.25) is 0 Å². The smallest absolute Gasteiger partial charge is 0.164 e. The fourth-order valence-corrected chi connectivity index (χ4v) is 9.27. The third kappa shape index (κ3) is 4.67. The number of benzene rings is 7. The quantitative estimate of drug-likeness (QED) is 0.183. The first-order chi connectivity index (χ1) is 26.8. The number of furan rings is 1. The molecule has 4 heteroatoms. The third-order valence-corrected chi connectivity index (χ3v) is 12.1. The molecule has 2 heterocycles. The molecule has 0 saturated carbocycles. The Morgan fingerprint density at radius 1 is 0.364 bits per heavy atom. The van der Waals surface area contributed by atoms with Gasteiger partial charge in [-0.1, -0.05) is 149 Å². The van der Waals surface area contributed by atoms with Crippen LogP contribution in [-0.4, -0.2) is 15.0 Å². The number of rotatable bonds is 4. The molecule has 9 aromatic rings. The second kappa shape index (κ2) is 11.4. The lowest BCUT2D eigenvalue weighted by Crippen LogP contribution is -2.14. The summed E-state index contributed by atoms with van der Waals surface area (Å²) in [6.07, 6.45) is 0. The minimum Gasteiger partial charge on any atom is -0.456 e. The average Bonchev–Trinajstić information content (AvgIpc) is 3.79. The summed E-state index contributed by atoms with van der Waals surface area (Å²) in [7, 11) is 0. The topological polar surface area (TPSA) is 51.8 Å². The monoisotopic (exact) mass is 707 g/mol. The molecule has 0 N–H and O–H groups in total. The van der Waals surface area contributed by atoms with Crippen LogP contribution < -0.4 is 0 Å². The predicted octanol–water partition coefficient (Wildman–Crippen LogP) is 13.1. The average molecular weight is 708 g/mol. The Labute approximate surface area is 320 Å². The number of aromatic nitrogens is 3. The molecule has 0 radical (unpaired) electrons. The standard InChI is InChI=1S/C51H37N3O/c1-50(2)41-22-11-9-19-36(41)46-37(20-13-23-42(46)50)49-53-47(30-14-6-5-7-15-30)52-48(54-49)33-17-12-16-31(26-33)32-24-25-35-39-28-43-38(29-45(39)55-44(35)27-32)34-18-8-10-21-40(34)51(43,3)4/h5-29H,1-4H3. The summed E-state index contributed by atoms with van der Waals surface area (Å²) in [6.45, 7) is 9.24. The number of fused-ring (bicyclic) bond motifs is 9. The highest BCUT2D eigenvalue weighted by atomic mass is 16.3. The van der Waals surface area contributed by atoms with Gasteiger partial charge in [-0.2, -0.15) is 0 Å². The molecule has 0 unspecified atom stereocenters. The molecule has 0 fully saturated rings. The fourth-order valence-electron chi connectivity index (χ4n) is 9.27. The van der Waals surface area contributed by atoms with E-state index in [1.165, 1.54) is 44.5 Å². The van der Waals surface area contributed by atoms with E-state index in [-0.39, 0.29) is 10.8 Å². The Morgan fingerprint density at radius 3 is 1.75 bits per heavy atom. The van der Waals surface area contributed by atoms with Crippen molar-refractivity contribution in [1.82, 2.24) is 15.0 Å². The fraction of sp³-hybridized carbons (Fsp3) is 0.118. The van der Waals surface area contributed by atoms with Crippen LogP contribution in [-0.2, 0) is 10.8 Å². The molecule has 4 nitrogen and oxygen atoms in total. The van der Waals surface area contributed by atoms with Gasteiger partial charge in [0.05, 0.1) is 0 Å². The summed E-state index contributed by atoms with van der Waals surface area (Å²) < 4.78 is 6.61. The molecule has 0 bridgehead atoms. The first kappa shape index (κ1) is 31.8. The zero-order valence-electron chi connectivity index (χ0n) is 31.2. The Kier molecular flexibility index (Phi) is 6.61. The van der Waals surface area contributed by atoms with Gasteiger partial charge in [-0.15, -0.1) is 0 Å². The zero-order chi connectivity index (χ0) is 37.1. The van der Waals surface area contributed by atoms with Gasteiger partial charge in [-0.05, 0) is 86.0 Å². The Balaban J connectivity index is 1.03. The summed E-state index contributed by atoms with van der Waals surface area (Å²) in [4.78, 5) is 15.5. The Hall–Kier alpha value is -6.65. The van der Waals surface area contributed by atoms with Crippen LogP contribution >= 0.6 is 0 Å². The molecule has 2 aliphatic carbocycles. The minimum atomic E-state index is -0.128. The van der Waals surface area contributed by atoms with Crippen molar-refractivity contribution in [2.24, 2.45) is 0 Å². The van der Waals surface area contributed by atoms with E-state index in [0.29, 0.717) is 17.5 Å². The number of nitrogens with zero attached hydrogens (tertiary/aromatic N) is 3. The van der Waals surface area contributed by atoms with Crippen molar-refractivity contribution in [1.29, 1.82) is 0 Å². The molecule has 11 rings (SSSR count). The van der Waals surface area contributed by atoms with Crippen LogP contribution in [0.25, 0.3) is 89.5 Å². The van der Waals surface area contributed by atoms with Crippen LogP contribution in [0.3, 0.4) is 0 Å². The molecule has 262 valence electrons. The van der Waals surface area contributed by atoms with Crippen LogP contribution in [0, 0.1) is 0 Å². The van der Waals surface area contributed by atoms with Crippen molar-refractivity contribution in [3.63, 3.8) is 0 Å². The van der Waals surface area contributed by atoms with Crippen molar-refractivity contribution >= 4 is 21.9 Å². The molecule has 2 aromatic heterocycles. The van der Waals surface area contributed by atoms with Gasteiger partial charge in [0, 0.05) is 38.3 Å². The number of hydrogen-bond donors (Lipinski definition) is 0. The van der Waals surface area contributed by atoms with Gasteiger partial charge < -0.3 is 4.42 Å². The van der Waals surface area contributed by atoms with E-state index in [0.717, 1.165) is 49.8 Å². The van der Waals surface area contributed by atoms with Crippen molar-refractivity contribution < 1.29 is 4.42 Å². The van der Waals surface area contributed by atoms with Crippen LogP contribution in [0.5, 0.6) is 0 Å². The van der Waals surface area contributed by atoms with Gasteiger partial charge in [0.1, 0.15) is 11.2 Å². The van der Waals surface area contributed by atoms with Crippen molar-refractivity contribution in [3.05, 3.63) is 174 Å². The summed E-state index contributed by atoms with van der Waals surface area (Å²) in [5.41, 5.74) is 16.9. The SMILES string of the molecule is CC1(C)c2ccccc2-c2cc3oc4cc(-c5cccc(-c6nc(-c7ccccc7)nc(-c7cccc8c7-c7ccccc7C8(C)C)n6)c5)ccc4c3cc21. The molecule has 0 saturated heterocycles. The van der Waals surface area contributed by atoms with E-state index >= 15 is 0 Å². The Bertz CT molecular complexity index is 3040. The molecule has 7 aromatic carbocycles. The first-order valence-corrected chi connectivity index (χ1v) is 19.0. The van der Waals surface area contributed by atoms with Crippen molar-refractivity contribution in [3.8, 4) is 67.5 Å². The van der Waals surface area contributed by atoms with Gasteiger partial charge in [0.15, 0.2) is 17.5 Å². The lowest BCUT2D eigenvalue weighted by atomic mass is 9.82. The number of hydrogen-bond acceptors (Lipinski definition) is 4. The summed E-state index contributed by atoms with van der Waals surface area (Å²) in [5.74, 6) is 1.95. The maximum Gasteiger partial charge on any atom is 0.164 e. The molecule has 0 amide bonds. The van der Waals surface area contributed by atoms with Crippen molar-refractivity contribution in [2.75, 3.05) is 0 Å². The zero-order valence-corrected chi connectivity index (χ0v) is 31.2. The van der Waals surface area contributed by atoms with E-state index in [9.17, 15) is 0 Å². The van der Waals surface area contributed by atoms with Gasteiger partial charge in [-0.25, -0.2) is 15.0 Å². The normalized spacial score (nSPS) is 14.5. The highest BCUT2D eigenvalue weighted by Crippen LogP contribution is 2.52. The highest BCUT2D eigenvalue weighted by Gasteiger charge is 2.38. The Morgan fingerprint density at radius 2 is 0.927 bits per heavy atom. The second-order valence-electron chi connectivity index (χ2n) is 16.0. The lowest BCUT2D eigenvalue weighted by molar-refractivity contribution is 0.658. The summed E-state index contributed by atoms with van der Waals surface area (Å²) in [6, 6.07) is 53.8. The van der Waals surface area contributed by atoms with Crippen LogP contribution in [0.15, 0.2) is 156 Å². The van der Waals surface area contributed by atoms with E-state index in [1.807, 2.05) is 18.2 Å². The second-order valence-corrected chi connectivity index (χ2v) is 16.0. The maximum atomic E-state index is 6.61.